The van der Waals surface area contributed by atoms with E-state index < -0.39 is 24.3 Å². The Labute approximate surface area is 412 Å². The van der Waals surface area contributed by atoms with Crippen molar-refractivity contribution < 1.29 is 42.9 Å². The van der Waals surface area contributed by atoms with Gasteiger partial charge >= 0.3 is 17.9 Å². The largest absolute Gasteiger partial charge is 0.477 e. The first kappa shape index (κ1) is 64.0. The second-order valence-corrected chi connectivity index (χ2v) is 19.5. The zero-order valence-corrected chi connectivity index (χ0v) is 44.1. The lowest BCUT2D eigenvalue weighted by Gasteiger charge is -2.25. The minimum Gasteiger partial charge on any atom is -0.477 e. The van der Waals surface area contributed by atoms with Crippen LogP contribution < -0.4 is 0 Å². The lowest BCUT2D eigenvalue weighted by atomic mass is 10.0. The quantitative estimate of drug-likeness (QED) is 0.0211. The van der Waals surface area contributed by atoms with Crippen molar-refractivity contribution in [1.82, 2.24) is 0 Å². The average Bonchev–Trinajstić information content (AvgIpc) is 3.29. The first-order chi connectivity index (χ1) is 32.6. The smallest absolute Gasteiger partial charge is 0.361 e. The molecule has 0 saturated carbocycles. The van der Waals surface area contributed by atoms with E-state index in [2.05, 4.69) is 74.6 Å². The van der Waals surface area contributed by atoms with Gasteiger partial charge in [-0.25, -0.2) is 4.79 Å². The van der Waals surface area contributed by atoms with Gasteiger partial charge in [0.05, 0.1) is 34.4 Å². The predicted octanol–water partition coefficient (Wildman–Crippen LogP) is 15.7. The van der Waals surface area contributed by atoms with Crippen LogP contribution in [0.1, 0.15) is 232 Å². The Morgan fingerprint density at radius 3 is 1.22 bits per heavy atom. The van der Waals surface area contributed by atoms with Crippen LogP contribution in [0.2, 0.25) is 0 Å². The molecular weight excluding hydrogens is 839 g/mol. The molecule has 9 nitrogen and oxygen atoms in total. The molecule has 2 unspecified atom stereocenters. The third-order valence-corrected chi connectivity index (χ3v) is 11.7. The number of quaternary nitrogens is 1. The lowest BCUT2D eigenvalue weighted by Crippen LogP contribution is -2.40. The fourth-order valence-electron chi connectivity index (χ4n) is 7.46. The van der Waals surface area contributed by atoms with Crippen LogP contribution in [-0.4, -0.2) is 87.4 Å². The number of likely N-dealkylation sites (N-methyl/N-ethyl adjacent to an activating group) is 1. The molecule has 0 aromatic rings. The number of unbranched alkanes of at least 4 members (excludes halogenated alkanes) is 25. The molecule has 0 fully saturated rings. The molecule has 0 heterocycles. The Morgan fingerprint density at radius 2 is 0.806 bits per heavy atom. The number of aliphatic carboxylic acids is 1. The number of hydrogen-bond donors (Lipinski definition) is 1. The molecule has 0 amide bonds. The van der Waals surface area contributed by atoms with Gasteiger partial charge in [-0.3, -0.25) is 9.59 Å². The van der Waals surface area contributed by atoms with Gasteiger partial charge in [-0.05, 0) is 83.5 Å². The number of esters is 2. The predicted molar refractivity (Wildman–Crippen MR) is 281 cm³/mol. The van der Waals surface area contributed by atoms with Gasteiger partial charge in [0.25, 0.3) is 6.29 Å². The number of rotatable bonds is 50. The van der Waals surface area contributed by atoms with E-state index in [1.165, 1.54) is 128 Å². The summed E-state index contributed by atoms with van der Waals surface area (Å²) >= 11 is 0. The van der Waals surface area contributed by atoms with Crippen molar-refractivity contribution in [2.24, 2.45) is 0 Å². The topological polar surface area (TPSA) is 108 Å². The van der Waals surface area contributed by atoms with E-state index in [1.54, 1.807) is 0 Å². The fourth-order valence-corrected chi connectivity index (χ4v) is 7.46. The van der Waals surface area contributed by atoms with E-state index in [0.29, 0.717) is 23.9 Å². The maximum atomic E-state index is 12.9. The average molecular weight is 943 g/mol. The molecule has 0 radical (unpaired) electrons. The molecule has 1 N–H and O–H groups in total. The van der Waals surface area contributed by atoms with Gasteiger partial charge in [0, 0.05) is 12.8 Å². The van der Waals surface area contributed by atoms with Crippen LogP contribution in [0.5, 0.6) is 0 Å². The van der Waals surface area contributed by atoms with Gasteiger partial charge in [0.1, 0.15) is 13.2 Å². The Bertz CT molecular complexity index is 1280. The molecule has 0 rings (SSSR count). The molecular formula is C58H104NO8+. The SMILES string of the molecule is CCCCC/C=C\C/C=C\CCCCCCCCCC(=O)OCC(COC(OCC[N+](C)(C)C)C(=O)O)OC(=O)CCCCCCCCCCCC/C=C\C/C=C\C/C=C\CCCCCCC. The lowest BCUT2D eigenvalue weighted by molar-refractivity contribution is -0.870. The number of nitrogens with zero attached hydrogens (tertiary/aromatic N) is 1. The highest BCUT2D eigenvalue weighted by atomic mass is 16.7. The van der Waals surface area contributed by atoms with E-state index >= 15 is 0 Å². The van der Waals surface area contributed by atoms with Crippen molar-refractivity contribution in [3.63, 3.8) is 0 Å². The minimum atomic E-state index is -1.51. The van der Waals surface area contributed by atoms with Crippen LogP contribution in [0.15, 0.2) is 60.8 Å². The Hall–Kier alpha value is -3.01. The number of hydrogen-bond acceptors (Lipinski definition) is 7. The number of carbonyl (C=O) groups is 3. The first-order valence-electron chi connectivity index (χ1n) is 27.5. The number of allylic oxidation sites excluding steroid dienone is 10. The van der Waals surface area contributed by atoms with Gasteiger partial charge in [-0.1, -0.05) is 197 Å². The number of carbonyl (C=O) groups excluding carboxylic acids is 2. The van der Waals surface area contributed by atoms with Gasteiger partial charge in [0.2, 0.25) is 0 Å². The van der Waals surface area contributed by atoms with E-state index in [-0.39, 0.29) is 32.2 Å². The highest BCUT2D eigenvalue weighted by Crippen LogP contribution is 2.15. The Balaban J connectivity index is 4.30. The third kappa shape index (κ3) is 50.7. The fraction of sp³-hybridized carbons (Fsp3) is 0.776. The highest BCUT2D eigenvalue weighted by Gasteiger charge is 2.25. The molecule has 2 atom stereocenters. The summed E-state index contributed by atoms with van der Waals surface area (Å²) in [7, 11) is 5.96. The molecule has 9 heteroatoms. The van der Waals surface area contributed by atoms with Gasteiger partial charge in [0.15, 0.2) is 6.10 Å². The first-order valence-corrected chi connectivity index (χ1v) is 27.5. The summed E-state index contributed by atoms with van der Waals surface area (Å²) in [6.45, 7) is 4.83. The van der Waals surface area contributed by atoms with Crippen LogP contribution in [0.3, 0.4) is 0 Å². The van der Waals surface area contributed by atoms with E-state index in [9.17, 15) is 19.5 Å². The summed E-state index contributed by atoms with van der Waals surface area (Å²) in [6.07, 6.45) is 58.5. The number of ether oxygens (including phenoxy) is 4. The zero-order valence-electron chi connectivity index (χ0n) is 44.1. The van der Waals surface area contributed by atoms with Crippen molar-refractivity contribution in [3.8, 4) is 0 Å². The van der Waals surface area contributed by atoms with E-state index in [1.807, 2.05) is 21.1 Å². The summed E-state index contributed by atoms with van der Waals surface area (Å²) < 4.78 is 22.8. The zero-order chi connectivity index (χ0) is 49.2. The number of carboxylic acid groups (broad SMARTS) is 1. The van der Waals surface area contributed by atoms with Gasteiger partial charge in [-0.15, -0.1) is 0 Å². The van der Waals surface area contributed by atoms with Crippen molar-refractivity contribution in [1.29, 1.82) is 0 Å². The van der Waals surface area contributed by atoms with E-state index in [4.69, 9.17) is 18.9 Å². The number of carboxylic acids is 1. The molecule has 0 aromatic carbocycles. The summed E-state index contributed by atoms with van der Waals surface area (Å²) in [5.74, 6) is -2.02. The van der Waals surface area contributed by atoms with Crippen molar-refractivity contribution in [2.45, 2.75) is 245 Å². The minimum absolute atomic E-state index is 0.184. The third-order valence-electron chi connectivity index (χ3n) is 11.7. The molecule has 0 aliphatic rings. The second-order valence-electron chi connectivity index (χ2n) is 19.5. The maximum Gasteiger partial charge on any atom is 0.361 e. The molecule has 0 aliphatic carbocycles. The van der Waals surface area contributed by atoms with Crippen LogP contribution in [-0.2, 0) is 33.3 Å². The highest BCUT2D eigenvalue weighted by molar-refractivity contribution is 5.71. The van der Waals surface area contributed by atoms with Crippen molar-refractivity contribution in [2.75, 3.05) is 47.5 Å². The molecule has 0 bridgehead atoms. The monoisotopic (exact) mass is 943 g/mol. The van der Waals surface area contributed by atoms with Crippen LogP contribution in [0, 0.1) is 0 Å². The molecule has 0 aliphatic heterocycles. The molecule has 388 valence electrons. The van der Waals surface area contributed by atoms with E-state index in [0.717, 1.165) is 70.6 Å². The molecule has 0 aromatic heterocycles. The van der Waals surface area contributed by atoms with Crippen LogP contribution in [0.25, 0.3) is 0 Å². The van der Waals surface area contributed by atoms with Crippen LogP contribution >= 0.6 is 0 Å². The van der Waals surface area contributed by atoms with Crippen molar-refractivity contribution >= 4 is 17.9 Å². The summed E-state index contributed by atoms with van der Waals surface area (Å²) in [4.78, 5) is 37.3. The maximum absolute atomic E-state index is 12.9. The Morgan fingerprint density at radius 1 is 0.448 bits per heavy atom. The van der Waals surface area contributed by atoms with Crippen LogP contribution in [0.4, 0.5) is 0 Å². The second kappa shape index (κ2) is 49.4. The van der Waals surface area contributed by atoms with Gasteiger partial charge in [-0.2, -0.15) is 0 Å². The molecule has 0 spiro atoms. The summed E-state index contributed by atoms with van der Waals surface area (Å²) in [5, 5.41) is 9.68. The summed E-state index contributed by atoms with van der Waals surface area (Å²) in [6, 6.07) is 0. The normalized spacial score (nSPS) is 13.3. The van der Waals surface area contributed by atoms with Crippen molar-refractivity contribution in [3.05, 3.63) is 60.8 Å². The molecule has 67 heavy (non-hydrogen) atoms. The standard InChI is InChI=1S/C58H103NO8/c1-6-8-10-12-14-16-18-20-22-24-25-26-27-28-29-30-31-33-35-37-39-41-43-45-47-49-56(61)67-54(53-66-58(57(62)63)64-51-50-59(3,4)5)52-65-55(60)48-46-44-42-40-38-36-34-32-23-21-19-17-15-13-11-9-7-2/h15,17-18,20-21,23-25,27-28,54,58H,6-14,16,19,22,26,29-53H2,1-5H3/p+1/b17-15-,20-18-,23-21-,25-24-,28-27-. The van der Waals surface area contributed by atoms with Gasteiger partial charge < -0.3 is 28.5 Å². The summed E-state index contributed by atoms with van der Waals surface area (Å²) in [5.41, 5.74) is 0. The Kier molecular flexibility index (Phi) is 47.2. The molecule has 0 saturated heterocycles.